The number of hydroxylamine groups is 1. The average Bonchev–Trinajstić information content (AvgIpc) is 2.76. The molecule has 1 aliphatic heterocycles. The molecule has 5 nitrogen and oxygen atoms in total. The van der Waals surface area contributed by atoms with Crippen LogP contribution in [-0.4, -0.2) is 25.0 Å². The van der Waals surface area contributed by atoms with Crippen molar-refractivity contribution in [3.63, 3.8) is 0 Å². The van der Waals surface area contributed by atoms with Crippen molar-refractivity contribution >= 4 is 5.91 Å². The third kappa shape index (κ3) is 2.24. The second-order valence-electron chi connectivity index (χ2n) is 3.66. The summed E-state index contributed by atoms with van der Waals surface area (Å²) in [4.78, 5) is 18.3. The quantitative estimate of drug-likeness (QED) is 0.803. The number of carbonyl (C=O) groups excluding carboxylic acids is 1. The number of benzene rings is 1. The average molecular weight is 234 g/mol. The smallest absolute Gasteiger partial charge is 0.275 e. The largest absolute Gasteiger partial charge is 0.472 e. The highest BCUT2D eigenvalue weighted by Gasteiger charge is 2.24. The van der Waals surface area contributed by atoms with Crippen LogP contribution in [0.3, 0.4) is 0 Å². The van der Waals surface area contributed by atoms with E-state index < -0.39 is 0 Å². The van der Waals surface area contributed by atoms with E-state index in [9.17, 15) is 4.79 Å². The zero-order chi connectivity index (χ0) is 12.3. The van der Waals surface area contributed by atoms with E-state index in [1.807, 2.05) is 30.3 Å². The molecule has 0 spiro atoms. The predicted molar refractivity (Wildman–Crippen MR) is 61.6 cm³/mol. The van der Waals surface area contributed by atoms with Crippen LogP contribution in [0.5, 0.6) is 0 Å². The fourth-order valence-corrected chi connectivity index (χ4v) is 1.74. The molecule has 1 heterocycles. The molecule has 0 bridgehead atoms. The SMILES string of the molecule is CONC(=O)c1ccccc1C1OC=CN1C. The second kappa shape index (κ2) is 4.88. The molecule has 0 saturated heterocycles. The van der Waals surface area contributed by atoms with Gasteiger partial charge in [0.2, 0.25) is 0 Å². The number of nitrogens with zero attached hydrogens (tertiary/aromatic N) is 1. The molecule has 0 aromatic heterocycles. The maximum Gasteiger partial charge on any atom is 0.275 e. The molecule has 0 fully saturated rings. The summed E-state index contributed by atoms with van der Waals surface area (Å²) < 4.78 is 5.44. The summed E-state index contributed by atoms with van der Waals surface area (Å²) in [5, 5.41) is 0. The molecule has 1 unspecified atom stereocenters. The molecular weight excluding hydrogens is 220 g/mol. The lowest BCUT2D eigenvalue weighted by molar-refractivity contribution is 0.0508. The van der Waals surface area contributed by atoms with Gasteiger partial charge >= 0.3 is 0 Å². The van der Waals surface area contributed by atoms with Crippen molar-refractivity contribution < 1.29 is 14.4 Å². The number of nitrogens with one attached hydrogen (secondary N) is 1. The van der Waals surface area contributed by atoms with Gasteiger partial charge in [0, 0.05) is 18.8 Å². The van der Waals surface area contributed by atoms with Gasteiger partial charge in [-0.2, -0.15) is 0 Å². The number of carbonyl (C=O) groups is 1. The number of rotatable bonds is 3. The van der Waals surface area contributed by atoms with Gasteiger partial charge in [-0.05, 0) is 6.07 Å². The summed E-state index contributed by atoms with van der Waals surface area (Å²) >= 11 is 0. The van der Waals surface area contributed by atoms with E-state index in [0.29, 0.717) is 5.56 Å². The summed E-state index contributed by atoms with van der Waals surface area (Å²) in [5.74, 6) is -0.285. The third-order valence-corrected chi connectivity index (χ3v) is 2.54. The Morgan fingerprint density at radius 1 is 1.47 bits per heavy atom. The highest BCUT2D eigenvalue weighted by atomic mass is 16.6. The van der Waals surface area contributed by atoms with Crippen molar-refractivity contribution in [2.45, 2.75) is 6.23 Å². The normalized spacial score (nSPS) is 18.0. The molecule has 1 amide bonds. The number of hydrogen-bond acceptors (Lipinski definition) is 4. The van der Waals surface area contributed by atoms with Crippen LogP contribution in [-0.2, 0) is 9.57 Å². The van der Waals surface area contributed by atoms with E-state index in [2.05, 4.69) is 10.3 Å². The highest BCUT2D eigenvalue weighted by molar-refractivity contribution is 5.95. The maximum absolute atomic E-state index is 11.8. The van der Waals surface area contributed by atoms with Crippen LogP contribution in [0, 0.1) is 0 Å². The summed E-state index contributed by atoms with van der Waals surface area (Å²) in [6, 6.07) is 7.27. The van der Waals surface area contributed by atoms with Gasteiger partial charge in [0.25, 0.3) is 5.91 Å². The predicted octanol–water partition coefficient (Wildman–Crippen LogP) is 1.41. The first-order valence-corrected chi connectivity index (χ1v) is 5.20. The fourth-order valence-electron chi connectivity index (χ4n) is 1.74. The molecule has 1 aliphatic rings. The Morgan fingerprint density at radius 2 is 2.24 bits per heavy atom. The first-order chi connectivity index (χ1) is 8.24. The number of ether oxygens (including phenoxy) is 1. The maximum atomic E-state index is 11.8. The summed E-state index contributed by atoms with van der Waals surface area (Å²) in [6.07, 6.45) is 3.15. The Morgan fingerprint density at radius 3 is 2.88 bits per heavy atom. The number of amides is 1. The van der Waals surface area contributed by atoms with Gasteiger partial charge in [-0.1, -0.05) is 18.2 Å². The third-order valence-electron chi connectivity index (χ3n) is 2.54. The van der Waals surface area contributed by atoms with Crippen LogP contribution < -0.4 is 5.48 Å². The van der Waals surface area contributed by atoms with Crippen LogP contribution in [0.4, 0.5) is 0 Å². The molecule has 1 N–H and O–H groups in total. The highest BCUT2D eigenvalue weighted by Crippen LogP contribution is 2.28. The van der Waals surface area contributed by atoms with Gasteiger partial charge in [0.15, 0.2) is 6.23 Å². The van der Waals surface area contributed by atoms with Crippen LogP contribution in [0.1, 0.15) is 22.1 Å². The van der Waals surface area contributed by atoms with Crippen molar-refractivity contribution in [1.29, 1.82) is 0 Å². The molecule has 5 heteroatoms. The Hall–Kier alpha value is -2.01. The van der Waals surface area contributed by atoms with E-state index in [4.69, 9.17) is 4.74 Å². The molecule has 90 valence electrons. The monoisotopic (exact) mass is 234 g/mol. The minimum atomic E-state index is -0.285. The van der Waals surface area contributed by atoms with Gasteiger partial charge in [-0.25, -0.2) is 5.48 Å². The van der Waals surface area contributed by atoms with Crippen molar-refractivity contribution in [2.24, 2.45) is 0 Å². The first-order valence-electron chi connectivity index (χ1n) is 5.20. The van der Waals surface area contributed by atoms with Gasteiger partial charge in [-0.15, -0.1) is 0 Å². The molecule has 17 heavy (non-hydrogen) atoms. The lowest BCUT2D eigenvalue weighted by atomic mass is 10.1. The minimum Gasteiger partial charge on any atom is -0.472 e. The van der Waals surface area contributed by atoms with Crippen molar-refractivity contribution in [3.05, 3.63) is 47.9 Å². The van der Waals surface area contributed by atoms with E-state index in [1.165, 1.54) is 7.11 Å². The minimum absolute atomic E-state index is 0.270. The lowest BCUT2D eigenvalue weighted by Gasteiger charge is -2.21. The standard InChI is InChI=1S/C12H14N2O3/c1-14-7-8-17-12(14)10-6-4-3-5-9(10)11(15)13-16-2/h3-8,12H,1-2H3,(H,13,15). The van der Waals surface area contributed by atoms with Gasteiger partial charge in [0.05, 0.1) is 12.7 Å². The van der Waals surface area contributed by atoms with E-state index >= 15 is 0 Å². The van der Waals surface area contributed by atoms with E-state index in [1.54, 1.807) is 18.4 Å². The zero-order valence-corrected chi connectivity index (χ0v) is 9.71. The molecule has 1 aromatic rings. The van der Waals surface area contributed by atoms with Gasteiger partial charge < -0.3 is 9.64 Å². The van der Waals surface area contributed by atoms with Crippen LogP contribution in [0.15, 0.2) is 36.7 Å². The molecule has 2 rings (SSSR count). The van der Waals surface area contributed by atoms with E-state index in [-0.39, 0.29) is 12.1 Å². The topological polar surface area (TPSA) is 50.8 Å². The van der Waals surface area contributed by atoms with Gasteiger partial charge in [0.1, 0.15) is 6.26 Å². The molecular formula is C12H14N2O3. The first kappa shape index (κ1) is 11.5. The zero-order valence-electron chi connectivity index (χ0n) is 9.71. The van der Waals surface area contributed by atoms with Crippen molar-refractivity contribution in [1.82, 2.24) is 10.4 Å². The summed E-state index contributed by atoms with van der Waals surface area (Å²) in [6.45, 7) is 0. The molecule has 0 saturated carbocycles. The van der Waals surface area contributed by atoms with Crippen LogP contribution in [0.25, 0.3) is 0 Å². The Labute approximate surface area is 99.6 Å². The summed E-state index contributed by atoms with van der Waals surface area (Å²) in [7, 11) is 3.29. The van der Waals surface area contributed by atoms with Crippen molar-refractivity contribution in [3.8, 4) is 0 Å². The Kier molecular flexibility index (Phi) is 3.30. The molecule has 1 atom stereocenters. The van der Waals surface area contributed by atoms with Gasteiger partial charge in [-0.3, -0.25) is 9.63 Å². The van der Waals surface area contributed by atoms with Crippen molar-refractivity contribution in [2.75, 3.05) is 14.2 Å². The fraction of sp³-hybridized carbons (Fsp3) is 0.250. The molecule has 1 aromatic carbocycles. The summed E-state index contributed by atoms with van der Waals surface area (Å²) in [5.41, 5.74) is 3.64. The lowest BCUT2D eigenvalue weighted by Crippen LogP contribution is -2.25. The van der Waals surface area contributed by atoms with Crippen LogP contribution >= 0.6 is 0 Å². The number of hydrogen-bond donors (Lipinski definition) is 1. The van der Waals surface area contributed by atoms with Crippen LogP contribution in [0.2, 0.25) is 0 Å². The Balaban J connectivity index is 2.31. The second-order valence-corrected chi connectivity index (χ2v) is 3.66. The van der Waals surface area contributed by atoms with E-state index in [0.717, 1.165) is 5.56 Å². The molecule has 0 aliphatic carbocycles. The molecule has 0 radical (unpaired) electrons. The Bertz CT molecular complexity index is 445.